The molecule has 0 fully saturated rings. The van der Waals surface area contributed by atoms with Gasteiger partial charge in [0.1, 0.15) is 0 Å². The van der Waals surface area contributed by atoms with Gasteiger partial charge >= 0.3 is 0 Å². The Bertz CT molecular complexity index is 3370. The molecule has 672 valence electrons. The van der Waals surface area contributed by atoms with E-state index in [1.165, 1.54) is 85.0 Å². The molecule has 6 nitrogen and oxygen atoms in total. The molecule has 0 heterocycles. The number of fused-ring (bicyclic) bond motifs is 3. The summed E-state index contributed by atoms with van der Waals surface area (Å²) in [6, 6.07) is 148. The molecule has 6 heteroatoms. The van der Waals surface area contributed by atoms with Gasteiger partial charge in [-0.05, 0) is 83.5 Å². The summed E-state index contributed by atoms with van der Waals surface area (Å²) < 4.78 is 0. The highest BCUT2D eigenvalue weighted by atomic mass is 16.2. The van der Waals surface area contributed by atoms with E-state index in [0.717, 1.165) is 60.4 Å². The highest BCUT2D eigenvalue weighted by molar-refractivity contribution is 5.83. The normalized spacial score (nSPS) is 8.20. The summed E-state index contributed by atoms with van der Waals surface area (Å²) in [5.74, 6) is 2.50. The van der Waals surface area contributed by atoms with Crippen LogP contribution in [0.2, 0.25) is 0 Å². The van der Waals surface area contributed by atoms with E-state index in [2.05, 4.69) is 395 Å². The van der Waals surface area contributed by atoms with Gasteiger partial charge in [-0.1, -0.05) is 601 Å². The molecule has 0 amide bonds. The van der Waals surface area contributed by atoms with Crippen LogP contribution in [0.15, 0.2) is 437 Å². The average Bonchev–Trinajstić information content (AvgIpc) is 0.896. The molecule has 0 aliphatic heterocycles. The molecule has 0 aliphatic carbocycles. The summed E-state index contributed by atoms with van der Waals surface area (Å²) in [7, 11) is 6.00. The van der Waals surface area contributed by atoms with Crippen molar-refractivity contribution in [3.63, 3.8) is 0 Å². The van der Waals surface area contributed by atoms with E-state index in [1.54, 1.807) is 0 Å². The monoisotopic (exact) mass is 1670 g/mol. The van der Waals surface area contributed by atoms with Crippen molar-refractivity contribution in [3.8, 4) is 33.4 Å². The molecule has 15 aromatic carbocycles. The predicted molar refractivity (Wildman–Crippen MR) is 559 cm³/mol. The Balaban J connectivity index is -0.000000162. The van der Waals surface area contributed by atoms with Gasteiger partial charge in [0.25, 0.3) is 0 Å². The number of aliphatic hydroxyl groups is 6. The molecule has 0 saturated heterocycles. The summed E-state index contributed by atoms with van der Waals surface area (Å²) in [4.78, 5) is 0. The second kappa shape index (κ2) is 113. The minimum atomic E-state index is 0.833. The molecule has 15 aromatic rings. The maximum absolute atomic E-state index is 7.00. The molecule has 0 spiro atoms. The molecule has 0 aliphatic rings. The molecule has 0 aromatic heterocycles. The third-order valence-electron chi connectivity index (χ3n) is 12.6. The van der Waals surface area contributed by atoms with Crippen LogP contribution in [0.4, 0.5) is 0 Å². The maximum atomic E-state index is 7.00. The lowest BCUT2D eigenvalue weighted by atomic mass is 10.1. The Kier molecular flexibility index (Phi) is 119. The van der Waals surface area contributed by atoms with Gasteiger partial charge in [-0.3, -0.25) is 0 Å². The fourth-order valence-corrected chi connectivity index (χ4v) is 8.34. The average molecular weight is 1670 g/mol. The molecule has 0 unspecified atom stereocenters. The van der Waals surface area contributed by atoms with Crippen molar-refractivity contribution < 1.29 is 30.6 Å². The summed E-state index contributed by atoms with van der Waals surface area (Å²) in [6.45, 7) is 44.3. The van der Waals surface area contributed by atoms with Crippen LogP contribution in [0.1, 0.15) is 165 Å². The van der Waals surface area contributed by atoms with Gasteiger partial charge in [0.15, 0.2) is 0 Å². The highest BCUT2D eigenvalue weighted by Crippen LogP contribution is 2.20. The molecule has 0 atom stereocenters. The minimum absolute atomic E-state index is 0.833. The van der Waals surface area contributed by atoms with E-state index in [4.69, 9.17) is 30.6 Å². The zero-order valence-corrected chi connectivity index (χ0v) is 81.1. The first-order valence-electron chi connectivity index (χ1n) is 43.6. The fraction of sp³-hybridized carbons (Fsp3) is 0.282. The van der Waals surface area contributed by atoms with Gasteiger partial charge in [-0.25, -0.2) is 0 Å². The first kappa shape index (κ1) is 130. The Hall–Kier alpha value is -11.2. The van der Waals surface area contributed by atoms with Crippen molar-refractivity contribution in [2.75, 3.05) is 42.7 Å². The number of benzene rings is 15. The van der Waals surface area contributed by atoms with Crippen molar-refractivity contribution in [2.24, 2.45) is 17.8 Å². The Labute approximate surface area is 753 Å². The molecule has 0 radical (unpaired) electrons. The van der Waals surface area contributed by atoms with Gasteiger partial charge in [0, 0.05) is 42.7 Å². The van der Waals surface area contributed by atoms with Crippen molar-refractivity contribution in [3.05, 3.63) is 437 Å². The van der Waals surface area contributed by atoms with Crippen molar-refractivity contribution in [2.45, 2.75) is 165 Å². The van der Waals surface area contributed by atoms with E-state index in [9.17, 15) is 0 Å². The first-order chi connectivity index (χ1) is 60.2. The largest absolute Gasteiger partial charge is 0.400 e. The highest BCUT2D eigenvalue weighted by Gasteiger charge is 1.95. The standard InChI is InChI=1S/3C12H10.3C10H8.3C6H6.3C4H10.3C3H8.3C2H6.6CH4O/c3*1-3-7-11(8-4-1)12-9-5-2-6-10-12;3*1-2-6-10-8-4-3-7-9(10)5-1;3*1-2-4-6-5-3-1;3*1-4(2)3;3*1-3-2;9*1-2/h3*1-10H;3*1-8H;3*1-6H;3*4H,1-3H3;3*3H2,1-2H3;3*1-2H3;6*2H,1H3. The van der Waals surface area contributed by atoms with Crippen molar-refractivity contribution in [1.29, 1.82) is 0 Å². The number of aliphatic hydroxyl groups excluding tert-OH is 6. The SMILES string of the molecule is CC.CC.CC.CC(C)C.CC(C)C.CC(C)C.CCC.CCC.CCC.CO.CO.CO.CO.CO.CO.c1ccc(-c2ccccc2)cc1.c1ccc(-c2ccccc2)cc1.c1ccc(-c2ccccc2)cc1.c1ccc2ccccc2c1.c1ccc2ccccc2c1.c1ccc2ccccc2c1.c1ccccc1.c1ccccc1.c1ccccc1. The summed E-state index contributed by atoms with van der Waals surface area (Å²) in [5.41, 5.74) is 7.66. The van der Waals surface area contributed by atoms with Crippen LogP contribution >= 0.6 is 0 Å². The van der Waals surface area contributed by atoms with Gasteiger partial charge in [0.05, 0.1) is 0 Å². The van der Waals surface area contributed by atoms with E-state index in [-0.39, 0.29) is 0 Å². The first-order valence-corrected chi connectivity index (χ1v) is 43.6. The second-order valence-electron chi connectivity index (χ2n) is 26.0. The Morgan fingerprint density at radius 1 is 0.130 bits per heavy atom. The van der Waals surface area contributed by atoms with E-state index in [1.807, 2.05) is 187 Å². The number of hydrogen-bond donors (Lipinski definition) is 6. The van der Waals surface area contributed by atoms with E-state index in [0.29, 0.717) is 0 Å². The summed E-state index contributed by atoms with van der Waals surface area (Å²) in [5, 5.41) is 49.9. The lowest BCUT2D eigenvalue weighted by molar-refractivity contribution is 0.399. The molecule has 123 heavy (non-hydrogen) atoms. The number of rotatable bonds is 3. The smallest absolute Gasteiger partial charge is 0.0319 e. The molecule has 0 bridgehead atoms. The van der Waals surface area contributed by atoms with Gasteiger partial charge in [-0.2, -0.15) is 0 Å². The molecular formula is C117H168O6. The predicted octanol–water partition coefficient (Wildman–Crippen LogP) is 33.6. The Morgan fingerprint density at radius 3 is 0.244 bits per heavy atom. The lowest BCUT2D eigenvalue weighted by Gasteiger charge is -1.98. The summed E-state index contributed by atoms with van der Waals surface area (Å²) in [6.07, 6.45) is 3.75. The van der Waals surface area contributed by atoms with Crippen LogP contribution in [0.25, 0.3) is 65.7 Å². The van der Waals surface area contributed by atoms with Gasteiger partial charge in [-0.15, -0.1) is 0 Å². The second-order valence-corrected chi connectivity index (χ2v) is 26.0. The quantitative estimate of drug-likeness (QED) is 0.105. The number of hydrogen-bond acceptors (Lipinski definition) is 6. The lowest BCUT2D eigenvalue weighted by Crippen LogP contribution is -1.73. The zero-order valence-electron chi connectivity index (χ0n) is 81.1. The van der Waals surface area contributed by atoms with Crippen molar-refractivity contribution in [1.82, 2.24) is 0 Å². The Morgan fingerprint density at radius 2 is 0.179 bits per heavy atom. The van der Waals surface area contributed by atoms with Crippen LogP contribution in [0.5, 0.6) is 0 Å². The van der Waals surface area contributed by atoms with Crippen LogP contribution in [-0.2, 0) is 0 Å². The van der Waals surface area contributed by atoms with Crippen molar-refractivity contribution >= 4 is 32.3 Å². The van der Waals surface area contributed by atoms with E-state index >= 15 is 0 Å². The van der Waals surface area contributed by atoms with E-state index < -0.39 is 0 Å². The molecule has 6 N–H and O–H groups in total. The molecular weight excluding hydrogens is 1500 g/mol. The molecule has 0 saturated carbocycles. The fourth-order valence-electron chi connectivity index (χ4n) is 8.34. The molecule has 15 rings (SSSR count). The maximum Gasteiger partial charge on any atom is 0.0319 e. The van der Waals surface area contributed by atoms with Crippen LogP contribution in [0.3, 0.4) is 0 Å². The third kappa shape index (κ3) is 89.9. The van der Waals surface area contributed by atoms with Crippen LogP contribution in [0, 0.1) is 17.8 Å². The third-order valence-corrected chi connectivity index (χ3v) is 12.6. The van der Waals surface area contributed by atoms with Crippen LogP contribution < -0.4 is 0 Å². The minimum Gasteiger partial charge on any atom is -0.400 e. The van der Waals surface area contributed by atoms with Crippen LogP contribution in [-0.4, -0.2) is 73.3 Å². The van der Waals surface area contributed by atoms with Gasteiger partial charge < -0.3 is 30.6 Å². The van der Waals surface area contributed by atoms with Gasteiger partial charge in [0.2, 0.25) is 0 Å². The zero-order chi connectivity index (χ0) is 94.7. The topological polar surface area (TPSA) is 121 Å². The summed E-state index contributed by atoms with van der Waals surface area (Å²) >= 11 is 0.